The van der Waals surface area contributed by atoms with Crippen molar-refractivity contribution in [3.8, 4) is 11.8 Å². The summed E-state index contributed by atoms with van der Waals surface area (Å²) in [5.41, 5.74) is 2.66. The van der Waals surface area contributed by atoms with Crippen molar-refractivity contribution in [1.29, 1.82) is 5.26 Å². The van der Waals surface area contributed by atoms with Crippen LogP contribution < -0.4 is 0 Å². The summed E-state index contributed by atoms with van der Waals surface area (Å²) < 4.78 is 16.5. The number of aromatic nitrogens is 2. The minimum Gasteiger partial charge on any atom is -0.476 e. The smallest absolute Gasteiger partial charge is 0.356 e. The van der Waals surface area contributed by atoms with Crippen LogP contribution in [0.15, 0.2) is 47.5 Å². The Morgan fingerprint density at radius 3 is 2.69 bits per heavy atom. The van der Waals surface area contributed by atoms with Gasteiger partial charge >= 0.3 is 5.97 Å². The van der Waals surface area contributed by atoms with E-state index in [0.717, 1.165) is 0 Å². The van der Waals surface area contributed by atoms with E-state index in [0.29, 0.717) is 46.0 Å². The van der Waals surface area contributed by atoms with E-state index in [1.54, 1.807) is 47.9 Å². The molecule has 144 valence electrons. The molecule has 2 aromatic carbocycles. The second-order valence-corrected chi connectivity index (χ2v) is 6.76. The number of aromatic carboxylic acids is 1. The predicted molar refractivity (Wildman–Crippen MR) is 105 cm³/mol. The number of carboxylic acids is 1. The molecule has 0 aliphatic carbocycles. The Labute approximate surface area is 166 Å². The van der Waals surface area contributed by atoms with Crippen molar-refractivity contribution in [2.75, 3.05) is 0 Å². The van der Waals surface area contributed by atoms with Crippen LogP contribution in [0.2, 0.25) is 0 Å². The van der Waals surface area contributed by atoms with Crippen LogP contribution in [0.3, 0.4) is 0 Å². The predicted octanol–water partition coefficient (Wildman–Crippen LogP) is 4.19. The van der Waals surface area contributed by atoms with Gasteiger partial charge in [-0.2, -0.15) is 5.26 Å². The third-order valence-corrected chi connectivity index (χ3v) is 5.02. The molecule has 0 saturated heterocycles. The van der Waals surface area contributed by atoms with E-state index < -0.39 is 17.8 Å². The standard InChI is InChI=1S/C22H17FN4O2/c1-3-17-21-20(22(28)29)25-12(2)27(21)18-9-8-13(11-24)10-15(18)19(26-17)14-6-4-5-7-16(14)23/h4-10,17H,3H2,1-2H3,(H,28,29). The number of imidazole rings is 1. The minimum absolute atomic E-state index is 0.0665. The third kappa shape index (κ3) is 2.90. The van der Waals surface area contributed by atoms with Crippen molar-refractivity contribution >= 4 is 11.7 Å². The lowest BCUT2D eigenvalue weighted by Gasteiger charge is -2.14. The van der Waals surface area contributed by atoms with E-state index in [1.807, 2.05) is 6.92 Å². The van der Waals surface area contributed by atoms with Crippen molar-refractivity contribution in [3.05, 3.63) is 82.2 Å². The molecule has 1 N–H and O–H groups in total. The fourth-order valence-electron chi connectivity index (χ4n) is 3.75. The molecule has 1 aromatic heterocycles. The summed E-state index contributed by atoms with van der Waals surface area (Å²) in [6.07, 6.45) is 0.502. The lowest BCUT2D eigenvalue weighted by molar-refractivity contribution is 0.0689. The van der Waals surface area contributed by atoms with E-state index in [9.17, 15) is 19.6 Å². The number of halogens is 1. The van der Waals surface area contributed by atoms with Crippen molar-refractivity contribution in [2.45, 2.75) is 26.3 Å². The second-order valence-electron chi connectivity index (χ2n) is 6.76. The molecule has 4 rings (SSSR count). The maximum absolute atomic E-state index is 14.7. The van der Waals surface area contributed by atoms with Crippen LogP contribution in [0, 0.1) is 24.1 Å². The maximum atomic E-state index is 14.7. The van der Waals surface area contributed by atoms with Crippen molar-refractivity contribution in [2.24, 2.45) is 4.99 Å². The average Bonchev–Trinajstić information content (AvgIpc) is 2.99. The van der Waals surface area contributed by atoms with Gasteiger partial charge in [0.25, 0.3) is 0 Å². The molecule has 0 amide bonds. The first-order chi connectivity index (χ1) is 14.0. The molecular formula is C22H17FN4O2. The molecule has 6 nitrogen and oxygen atoms in total. The zero-order chi connectivity index (χ0) is 20.7. The fraction of sp³-hybridized carbons (Fsp3) is 0.182. The number of rotatable bonds is 3. The molecule has 1 aliphatic heterocycles. The maximum Gasteiger partial charge on any atom is 0.356 e. The number of carbonyl (C=O) groups is 1. The van der Waals surface area contributed by atoms with Gasteiger partial charge in [0.05, 0.1) is 34.8 Å². The summed E-state index contributed by atoms with van der Waals surface area (Å²) in [5, 5.41) is 19.1. The molecule has 3 aromatic rings. The number of aryl methyl sites for hydroxylation is 1. The van der Waals surface area contributed by atoms with Crippen molar-refractivity contribution < 1.29 is 14.3 Å². The summed E-state index contributed by atoms with van der Waals surface area (Å²) in [5.74, 6) is -1.08. The summed E-state index contributed by atoms with van der Waals surface area (Å²) in [6, 6.07) is 12.9. The van der Waals surface area contributed by atoms with E-state index in [1.165, 1.54) is 6.07 Å². The number of carboxylic acid groups (broad SMARTS) is 1. The highest BCUT2D eigenvalue weighted by Crippen LogP contribution is 2.36. The van der Waals surface area contributed by atoms with Crippen LogP contribution in [0.1, 0.15) is 58.1 Å². The first kappa shape index (κ1) is 18.6. The molecule has 7 heteroatoms. The van der Waals surface area contributed by atoms with Gasteiger partial charge in [0.2, 0.25) is 0 Å². The van der Waals surface area contributed by atoms with Gasteiger partial charge in [0, 0.05) is 11.1 Å². The third-order valence-electron chi connectivity index (χ3n) is 5.02. The zero-order valence-corrected chi connectivity index (χ0v) is 15.8. The monoisotopic (exact) mass is 388 g/mol. The Balaban J connectivity index is 2.13. The Bertz CT molecular complexity index is 1220. The van der Waals surface area contributed by atoms with Crippen LogP contribution >= 0.6 is 0 Å². The molecule has 1 aliphatic rings. The van der Waals surface area contributed by atoms with Gasteiger partial charge in [-0.05, 0) is 43.7 Å². The molecule has 29 heavy (non-hydrogen) atoms. The topological polar surface area (TPSA) is 91.3 Å². The largest absolute Gasteiger partial charge is 0.476 e. The summed E-state index contributed by atoms with van der Waals surface area (Å²) in [4.78, 5) is 20.9. The quantitative estimate of drug-likeness (QED) is 0.728. The van der Waals surface area contributed by atoms with Crippen LogP contribution in [0.4, 0.5) is 4.39 Å². The lowest BCUT2D eigenvalue weighted by atomic mass is 9.98. The van der Waals surface area contributed by atoms with E-state index in [-0.39, 0.29) is 5.69 Å². The summed E-state index contributed by atoms with van der Waals surface area (Å²) >= 11 is 0. The number of hydrogen-bond acceptors (Lipinski definition) is 4. The SMILES string of the molecule is CCC1N=C(c2ccccc2F)c2cc(C#N)ccc2-n2c(C)nc(C(=O)O)c21. The molecule has 0 saturated carbocycles. The van der Waals surface area contributed by atoms with Crippen LogP contribution in [-0.4, -0.2) is 26.3 Å². The van der Waals surface area contributed by atoms with Crippen LogP contribution in [0.5, 0.6) is 0 Å². The minimum atomic E-state index is -1.14. The van der Waals surface area contributed by atoms with Crippen molar-refractivity contribution in [3.63, 3.8) is 0 Å². The van der Waals surface area contributed by atoms with E-state index in [4.69, 9.17) is 4.99 Å². The molecule has 0 bridgehead atoms. The van der Waals surface area contributed by atoms with E-state index >= 15 is 0 Å². The fourth-order valence-corrected chi connectivity index (χ4v) is 3.75. The molecular weight excluding hydrogens is 371 g/mol. The molecule has 0 spiro atoms. The number of nitriles is 1. The van der Waals surface area contributed by atoms with Crippen LogP contribution in [0.25, 0.3) is 5.69 Å². The van der Waals surface area contributed by atoms with Gasteiger partial charge in [0.1, 0.15) is 11.6 Å². The number of hydrogen-bond donors (Lipinski definition) is 1. The van der Waals surface area contributed by atoms with Gasteiger partial charge < -0.3 is 5.11 Å². The lowest BCUT2D eigenvalue weighted by Crippen LogP contribution is -2.10. The highest BCUT2D eigenvalue weighted by Gasteiger charge is 2.32. The summed E-state index contributed by atoms with van der Waals surface area (Å²) in [6.45, 7) is 3.61. The Kier molecular flexibility index (Phi) is 4.47. The van der Waals surface area contributed by atoms with Crippen molar-refractivity contribution in [1.82, 2.24) is 9.55 Å². The second kappa shape index (κ2) is 6.99. The summed E-state index contributed by atoms with van der Waals surface area (Å²) in [7, 11) is 0. The molecule has 1 atom stereocenters. The van der Waals surface area contributed by atoms with Gasteiger partial charge in [-0.25, -0.2) is 14.2 Å². The Morgan fingerprint density at radius 2 is 2.03 bits per heavy atom. The molecule has 2 heterocycles. The van der Waals surface area contributed by atoms with Gasteiger partial charge in [-0.1, -0.05) is 19.1 Å². The Morgan fingerprint density at radius 1 is 1.28 bits per heavy atom. The number of fused-ring (bicyclic) bond motifs is 3. The number of nitrogens with zero attached hydrogens (tertiary/aromatic N) is 4. The first-order valence-corrected chi connectivity index (χ1v) is 9.16. The average molecular weight is 388 g/mol. The molecule has 1 unspecified atom stereocenters. The molecule has 0 fully saturated rings. The number of aliphatic imine (C=N–C) groups is 1. The van der Waals surface area contributed by atoms with Crippen LogP contribution in [-0.2, 0) is 0 Å². The molecule has 0 radical (unpaired) electrons. The van der Waals surface area contributed by atoms with E-state index in [2.05, 4.69) is 11.1 Å². The van der Waals surface area contributed by atoms with Gasteiger partial charge in [-0.3, -0.25) is 9.56 Å². The van der Waals surface area contributed by atoms with Gasteiger partial charge in [-0.15, -0.1) is 0 Å². The highest BCUT2D eigenvalue weighted by atomic mass is 19.1. The van der Waals surface area contributed by atoms with Gasteiger partial charge in [0.15, 0.2) is 5.69 Å². The number of benzene rings is 2. The normalized spacial score (nSPS) is 15.0. The highest BCUT2D eigenvalue weighted by molar-refractivity contribution is 6.15. The first-order valence-electron chi connectivity index (χ1n) is 9.16. The zero-order valence-electron chi connectivity index (χ0n) is 15.8. The Hall–Kier alpha value is -3.79.